The van der Waals surface area contributed by atoms with Crippen molar-refractivity contribution in [3.63, 3.8) is 0 Å². The molecule has 0 unspecified atom stereocenters. The van der Waals surface area contributed by atoms with Crippen LogP contribution in [-0.2, 0) is 19.1 Å². The highest BCUT2D eigenvalue weighted by Crippen LogP contribution is 2.42. The van der Waals surface area contributed by atoms with Gasteiger partial charge >= 0.3 is 6.18 Å². The SMILES string of the molecule is CCn1nc(C(=O)NCC2(O)CCC(C)CC2)c(Cl)c1-c1ccc(CC(C)(C)C)cc1C(F)(F)F. The molecule has 0 saturated heterocycles. The van der Waals surface area contributed by atoms with E-state index in [0.717, 1.165) is 18.9 Å². The molecule has 2 aromatic rings. The van der Waals surface area contributed by atoms with Crippen molar-refractivity contribution in [1.82, 2.24) is 15.1 Å². The number of amides is 1. The van der Waals surface area contributed by atoms with Crippen LogP contribution in [0.25, 0.3) is 11.3 Å². The molecule has 0 atom stereocenters. The van der Waals surface area contributed by atoms with Crippen molar-refractivity contribution < 1.29 is 23.1 Å². The Morgan fingerprint density at radius 2 is 1.89 bits per heavy atom. The van der Waals surface area contributed by atoms with E-state index in [4.69, 9.17) is 11.6 Å². The molecule has 2 N–H and O–H groups in total. The van der Waals surface area contributed by atoms with Crippen LogP contribution >= 0.6 is 11.6 Å². The summed E-state index contributed by atoms with van der Waals surface area (Å²) >= 11 is 6.51. The molecule has 1 saturated carbocycles. The number of nitrogens with zero attached hydrogens (tertiary/aromatic N) is 2. The molecule has 1 fully saturated rings. The van der Waals surface area contributed by atoms with Gasteiger partial charge in [0, 0.05) is 18.7 Å². The largest absolute Gasteiger partial charge is 0.417 e. The number of aliphatic hydroxyl groups is 1. The maximum Gasteiger partial charge on any atom is 0.417 e. The average Bonchev–Trinajstić information content (AvgIpc) is 3.09. The fraction of sp³-hybridized carbons (Fsp3) is 0.615. The summed E-state index contributed by atoms with van der Waals surface area (Å²) in [4.78, 5) is 12.9. The smallest absolute Gasteiger partial charge is 0.388 e. The Kier molecular flexibility index (Phi) is 7.97. The van der Waals surface area contributed by atoms with Crippen molar-refractivity contribution >= 4 is 17.5 Å². The van der Waals surface area contributed by atoms with E-state index in [1.54, 1.807) is 13.0 Å². The van der Waals surface area contributed by atoms with E-state index in [2.05, 4.69) is 17.3 Å². The third-order valence-electron chi connectivity index (χ3n) is 6.57. The third-order valence-corrected chi connectivity index (χ3v) is 6.93. The minimum Gasteiger partial charge on any atom is -0.388 e. The second kappa shape index (κ2) is 10.1. The van der Waals surface area contributed by atoms with Crippen molar-refractivity contribution in [2.24, 2.45) is 11.3 Å². The van der Waals surface area contributed by atoms with Crippen LogP contribution in [0, 0.1) is 11.3 Å². The monoisotopic (exact) mass is 513 g/mol. The van der Waals surface area contributed by atoms with Crippen LogP contribution in [0.5, 0.6) is 0 Å². The van der Waals surface area contributed by atoms with Gasteiger partial charge in [0.2, 0.25) is 0 Å². The molecule has 1 aromatic carbocycles. The molecule has 1 aromatic heterocycles. The molecule has 0 bridgehead atoms. The Labute approximate surface area is 210 Å². The molecule has 35 heavy (non-hydrogen) atoms. The lowest BCUT2D eigenvalue weighted by Crippen LogP contribution is -2.45. The number of aromatic nitrogens is 2. The zero-order valence-corrected chi connectivity index (χ0v) is 21.8. The van der Waals surface area contributed by atoms with E-state index in [9.17, 15) is 23.1 Å². The minimum absolute atomic E-state index is 0.0402. The number of halogens is 4. The summed E-state index contributed by atoms with van der Waals surface area (Å²) in [6, 6.07) is 4.23. The highest BCUT2D eigenvalue weighted by atomic mass is 35.5. The topological polar surface area (TPSA) is 67.2 Å². The van der Waals surface area contributed by atoms with Gasteiger partial charge in [-0.2, -0.15) is 18.3 Å². The normalized spacial score (nSPS) is 21.3. The molecule has 194 valence electrons. The molecule has 1 aliphatic carbocycles. The maximum absolute atomic E-state index is 14.1. The highest BCUT2D eigenvalue weighted by molar-refractivity contribution is 6.36. The number of hydrogen-bond acceptors (Lipinski definition) is 3. The van der Waals surface area contributed by atoms with Crippen LogP contribution in [0.3, 0.4) is 0 Å². The van der Waals surface area contributed by atoms with Crippen LogP contribution in [0.4, 0.5) is 13.2 Å². The van der Waals surface area contributed by atoms with Crippen molar-refractivity contribution in [3.8, 4) is 11.3 Å². The van der Waals surface area contributed by atoms with Gasteiger partial charge in [-0.3, -0.25) is 9.48 Å². The van der Waals surface area contributed by atoms with Gasteiger partial charge in [0.25, 0.3) is 5.91 Å². The second-order valence-electron chi connectivity index (χ2n) is 11.0. The Morgan fingerprint density at radius 3 is 2.43 bits per heavy atom. The first-order chi connectivity index (χ1) is 16.1. The lowest BCUT2D eigenvalue weighted by Gasteiger charge is -2.34. The quantitative estimate of drug-likeness (QED) is 0.463. The van der Waals surface area contributed by atoms with Gasteiger partial charge < -0.3 is 10.4 Å². The Balaban J connectivity index is 1.95. The summed E-state index contributed by atoms with van der Waals surface area (Å²) in [5.74, 6) is -0.0887. The predicted molar refractivity (Wildman–Crippen MR) is 131 cm³/mol. The number of carbonyl (C=O) groups is 1. The first-order valence-corrected chi connectivity index (χ1v) is 12.5. The molecule has 0 aliphatic heterocycles. The van der Waals surface area contributed by atoms with Crippen LogP contribution < -0.4 is 5.32 Å². The molecule has 9 heteroatoms. The van der Waals surface area contributed by atoms with E-state index < -0.39 is 23.2 Å². The summed E-state index contributed by atoms with van der Waals surface area (Å²) in [6.45, 7) is 10.0. The number of benzene rings is 1. The maximum atomic E-state index is 14.1. The van der Waals surface area contributed by atoms with E-state index in [1.807, 2.05) is 20.8 Å². The van der Waals surface area contributed by atoms with Gasteiger partial charge in [-0.05, 0) is 62.0 Å². The molecule has 3 rings (SSSR count). The summed E-state index contributed by atoms with van der Waals surface area (Å²) in [6.07, 6.45) is -1.24. The molecule has 1 heterocycles. The molecule has 5 nitrogen and oxygen atoms in total. The summed E-state index contributed by atoms with van der Waals surface area (Å²) in [5.41, 5.74) is -1.64. The fourth-order valence-corrected chi connectivity index (χ4v) is 4.95. The number of carbonyl (C=O) groups excluding carboxylic acids is 1. The van der Waals surface area contributed by atoms with E-state index >= 15 is 0 Å². The number of nitrogens with one attached hydrogen (secondary N) is 1. The molecule has 0 spiro atoms. The fourth-order valence-electron chi connectivity index (χ4n) is 4.63. The highest BCUT2D eigenvalue weighted by Gasteiger charge is 2.37. The molecule has 1 aliphatic rings. The van der Waals surface area contributed by atoms with Gasteiger partial charge in [-0.25, -0.2) is 0 Å². The van der Waals surface area contributed by atoms with Crippen molar-refractivity contribution in [1.29, 1.82) is 0 Å². The molecule has 1 amide bonds. The van der Waals surface area contributed by atoms with Crippen LogP contribution in [0.15, 0.2) is 18.2 Å². The van der Waals surface area contributed by atoms with Gasteiger partial charge in [0.15, 0.2) is 5.69 Å². The lowest BCUT2D eigenvalue weighted by atomic mass is 9.79. The predicted octanol–water partition coefficient (Wildman–Crippen LogP) is 6.50. The van der Waals surface area contributed by atoms with Gasteiger partial charge in [0.1, 0.15) is 0 Å². The van der Waals surface area contributed by atoms with E-state index in [0.29, 0.717) is 30.7 Å². The summed E-state index contributed by atoms with van der Waals surface area (Å²) < 4.78 is 43.6. The molecule has 0 radical (unpaired) electrons. The standard InChI is InChI=1S/C26H35ClF3N3O2/c1-6-33-22(18-8-7-17(14-24(3,4)5)13-19(18)26(28,29)30)20(27)21(32-33)23(34)31-15-25(35)11-9-16(2)10-12-25/h7-8,13,16,35H,6,9-12,14-15H2,1-5H3,(H,31,34). The Bertz CT molecular complexity index is 1070. The number of aryl methyl sites for hydroxylation is 1. The molecular weight excluding hydrogens is 479 g/mol. The Morgan fingerprint density at radius 1 is 1.26 bits per heavy atom. The van der Waals surface area contributed by atoms with Gasteiger partial charge in [0.05, 0.1) is 21.9 Å². The van der Waals surface area contributed by atoms with Crippen molar-refractivity contribution in [2.45, 2.75) is 85.0 Å². The van der Waals surface area contributed by atoms with Gasteiger partial charge in [-0.15, -0.1) is 0 Å². The summed E-state index contributed by atoms with van der Waals surface area (Å²) in [5, 5.41) is 17.6. The first-order valence-electron chi connectivity index (χ1n) is 12.1. The number of alkyl halides is 3. The zero-order chi connectivity index (χ0) is 26.2. The van der Waals surface area contributed by atoms with Gasteiger partial charge in [-0.1, -0.05) is 51.4 Å². The lowest BCUT2D eigenvalue weighted by molar-refractivity contribution is -0.137. The van der Waals surface area contributed by atoms with E-state index in [1.165, 1.54) is 10.7 Å². The van der Waals surface area contributed by atoms with E-state index in [-0.39, 0.29) is 40.5 Å². The van der Waals surface area contributed by atoms with Crippen LogP contribution in [-0.4, -0.2) is 32.9 Å². The first kappa shape index (κ1) is 27.5. The number of rotatable bonds is 6. The van der Waals surface area contributed by atoms with Crippen molar-refractivity contribution in [2.75, 3.05) is 6.54 Å². The zero-order valence-electron chi connectivity index (χ0n) is 21.0. The second-order valence-corrected chi connectivity index (χ2v) is 11.4. The van der Waals surface area contributed by atoms with Crippen LogP contribution in [0.1, 0.15) is 81.9 Å². The van der Waals surface area contributed by atoms with Crippen LogP contribution in [0.2, 0.25) is 5.02 Å². The summed E-state index contributed by atoms with van der Waals surface area (Å²) in [7, 11) is 0. The Hall–Kier alpha value is -2.06. The minimum atomic E-state index is -4.61. The van der Waals surface area contributed by atoms with Crippen molar-refractivity contribution in [3.05, 3.63) is 40.0 Å². The molecular formula is C26H35ClF3N3O2. The average molecular weight is 514 g/mol. The third kappa shape index (κ3) is 6.58. The number of hydrogen-bond donors (Lipinski definition) is 2.